The van der Waals surface area contributed by atoms with Crippen molar-refractivity contribution in [3.63, 3.8) is 0 Å². The number of nitrogens with zero attached hydrogens (tertiary/aromatic N) is 2. The van der Waals surface area contributed by atoms with E-state index in [1.807, 2.05) is 56.3 Å². The second kappa shape index (κ2) is 7.88. The molecule has 6 nitrogen and oxygen atoms in total. The first-order valence-electron chi connectivity index (χ1n) is 8.52. The van der Waals surface area contributed by atoms with Crippen molar-refractivity contribution in [3.8, 4) is 0 Å². The Morgan fingerprint density at radius 1 is 1.15 bits per heavy atom. The second-order valence-corrected chi connectivity index (χ2v) is 8.23. The summed E-state index contributed by atoms with van der Waals surface area (Å²) in [7, 11) is -3.41. The van der Waals surface area contributed by atoms with E-state index in [-0.39, 0.29) is 18.3 Å². The second-order valence-electron chi connectivity index (χ2n) is 6.31. The van der Waals surface area contributed by atoms with Gasteiger partial charge in [-0.1, -0.05) is 30.3 Å². The Labute approximate surface area is 153 Å². The van der Waals surface area contributed by atoms with E-state index in [1.54, 1.807) is 17.0 Å². The molecule has 1 atom stereocenters. The molecule has 1 N–H and O–H groups in total. The van der Waals surface area contributed by atoms with Crippen LogP contribution in [0.2, 0.25) is 0 Å². The van der Waals surface area contributed by atoms with Gasteiger partial charge in [-0.05, 0) is 44.0 Å². The zero-order valence-corrected chi connectivity index (χ0v) is 15.7. The Balaban J connectivity index is 1.70. The number of benzene rings is 1. The molecule has 0 amide bonds. The number of furan rings is 1. The van der Waals surface area contributed by atoms with Crippen molar-refractivity contribution in [2.45, 2.75) is 26.3 Å². The highest BCUT2D eigenvalue weighted by atomic mass is 32.2. The van der Waals surface area contributed by atoms with Crippen LogP contribution in [0.25, 0.3) is 0 Å². The maximum absolute atomic E-state index is 12.4. The summed E-state index contributed by atoms with van der Waals surface area (Å²) >= 11 is 0. The van der Waals surface area contributed by atoms with E-state index in [0.29, 0.717) is 12.2 Å². The Kier molecular flexibility index (Phi) is 5.58. The first-order valence-corrected chi connectivity index (χ1v) is 10.2. The van der Waals surface area contributed by atoms with E-state index in [1.165, 1.54) is 0 Å². The first kappa shape index (κ1) is 18.4. The van der Waals surface area contributed by atoms with Gasteiger partial charge in [0.2, 0.25) is 10.0 Å². The SMILES string of the molecule is Cc1cc(C)n(C(CNS(=O)(=O)CCc2ccccc2)c2ccco2)n1. The van der Waals surface area contributed by atoms with Gasteiger partial charge in [0.1, 0.15) is 11.8 Å². The summed E-state index contributed by atoms with van der Waals surface area (Å²) in [6.07, 6.45) is 2.05. The maximum atomic E-state index is 12.4. The lowest BCUT2D eigenvalue weighted by molar-refractivity contribution is 0.397. The quantitative estimate of drug-likeness (QED) is 0.659. The Morgan fingerprint density at radius 3 is 2.54 bits per heavy atom. The summed E-state index contributed by atoms with van der Waals surface area (Å²) in [5.74, 6) is 0.709. The molecule has 3 aromatic rings. The topological polar surface area (TPSA) is 77.1 Å². The average Bonchev–Trinajstić information content (AvgIpc) is 3.25. The van der Waals surface area contributed by atoms with Crippen LogP contribution < -0.4 is 4.72 Å². The van der Waals surface area contributed by atoms with Crippen molar-refractivity contribution >= 4 is 10.0 Å². The smallest absolute Gasteiger partial charge is 0.212 e. The van der Waals surface area contributed by atoms with Crippen LogP contribution in [0.3, 0.4) is 0 Å². The van der Waals surface area contributed by atoms with Crippen molar-refractivity contribution in [2.75, 3.05) is 12.3 Å². The van der Waals surface area contributed by atoms with Crippen molar-refractivity contribution in [2.24, 2.45) is 0 Å². The molecule has 2 aromatic heterocycles. The minimum Gasteiger partial charge on any atom is -0.467 e. The average molecular weight is 373 g/mol. The van der Waals surface area contributed by atoms with Crippen LogP contribution in [0.4, 0.5) is 0 Å². The molecule has 0 radical (unpaired) electrons. The lowest BCUT2D eigenvalue weighted by Crippen LogP contribution is -2.34. The molecule has 0 bridgehead atoms. The lowest BCUT2D eigenvalue weighted by atomic mass is 10.2. The van der Waals surface area contributed by atoms with Gasteiger partial charge in [0.15, 0.2) is 0 Å². The molecule has 0 fully saturated rings. The Hall–Kier alpha value is -2.38. The number of aromatic nitrogens is 2. The van der Waals surface area contributed by atoms with E-state index in [9.17, 15) is 8.42 Å². The Morgan fingerprint density at radius 2 is 1.92 bits per heavy atom. The van der Waals surface area contributed by atoms with E-state index in [0.717, 1.165) is 17.0 Å². The van der Waals surface area contributed by atoms with Gasteiger partial charge in [-0.25, -0.2) is 13.1 Å². The van der Waals surface area contributed by atoms with Crippen molar-refractivity contribution in [3.05, 3.63) is 77.5 Å². The van der Waals surface area contributed by atoms with E-state index in [2.05, 4.69) is 9.82 Å². The van der Waals surface area contributed by atoms with E-state index < -0.39 is 10.0 Å². The predicted molar refractivity (Wildman–Crippen MR) is 100 cm³/mol. The van der Waals surface area contributed by atoms with Gasteiger partial charge in [-0.2, -0.15) is 5.10 Å². The highest BCUT2D eigenvalue weighted by Gasteiger charge is 2.22. The molecule has 26 heavy (non-hydrogen) atoms. The fourth-order valence-corrected chi connectivity index (χ4v) is 3.99. The summed E-state index contributed by atoms with van der Waals surface area (Å²) in [5.41, 5.74) is 2.83. The molecule has 2 heterocycles. The number of aryl methyl sites for hydroxylation is 3. The highest BCUT2D eigenvalue weighted by Crippen LogP contribution is 2.20. The molecule has 1 aromatic carbocycles. The van der Waals surface area contributed by atoms with Crippen LogP contribution >= 0.6 is 0 Å². The number of nitrogens with one attached hydrogen (secondary N) is 1. The summed E-state index contributed by atoms with van der Waals surface area (Å²) in [6, 6.07) is 14.8. The molecule has 0 aliphatic rings. The third-order valence-corrected chi connectivity index (χ3v) is 5.56. The zero-order chi connectivity index (χ0) is 18.6. The van der Waals surface area contributed by atoms with Crippen LogP contribution in [0.1, 0.15) is 28.8 Å². The van der Waals surface area contributed by atoms with E-state index >= 15 is 0 Å². The summed E-state index contributed by atoms with van der Waals surface area (Å²) in [4.78, 5) is 0. The van der Waals surface area contributed by atoms with Crippen LogP contribution in [0.5, 0.6) is 0 Å². The number of hydrogen-bond donors (Lipinski definition) is 1. The van der Waals surface area contributed by atoms with Gasteiger partial charge in [-0.15, -0.1) is 0 Å². The molecule has 0 saturated carbocycles. The molecular formula is C19H23N3O3S. The molecule has 0 spiro atoms. The highest BCUT2D eigenvalue weighted by molar-refractivity contribution is 7.89. The van der Waals surface area contributed by atoms with Gasteiger partial charge in [0.05, 0.1) is 17.7 Å². The van der Waals surface area contributed by atoms with Crippen LogP contribution in [0, 0.1) is 13.8 Å². The lowest BCUT2D eigenvalue weighted by Gasteiger charge is -2.18. The maximum Gasteiger partial charge on any atom is 0.212 e. The number of hydrogen-bond acceptors (Lipinski definition) is 4. The van der Waals surface area contributed by atoms with Crippen LogP contribution in [0.15, 0.2) is 59.2 Å². The fourth-order valence-electron chi connectivity index (χ4n) is 2.93. The largest absolute Gasteiger partial charge is 0.467 e. The Bertz CT molecular complexity index is 932. The molecule has 0 saturated heterocycles. The zero-order valence-electron chi connectivity index (χ0n) is 14.9. The molecule has 1 unspecified atom stereocenters. The molecule has 138 valence electrons. The molecule has 0 aliphatic heterocycles. The normalized spacial score (nSPS) is 13.0. The van der Waals surface area contributed by atoms with Crippen molar-refractivity contribution in [1.82, 2.24) is 14.5 Å². The monoisotopic (exact) mass is 373 g/mol. The number of sulfonamides is 1. The third kappa shape index (κ3) is 4.62. The summed E-state index contributed by atoms with van der Waals surface area (Å²) in [6.45, 7) is 4.04. The molecule has 0 aliphatic carbocycles. The molecule has 7 heteroatoms. The predicted octanol–water partition coefficient (Wildman–Crippen LogP) is 2.84. The standard InChI is InChI=1S/C19H23N3O3S/c1-15-13-16(2)22(21-15)18(19-9-6-11-25-19)14-20-26(23,24)12-10-17-7-4-3-5-8-17/h3-9,11,13,18,20H,10,12,14H2,1-2H3. The van der Waals surface area contributed by atoms with Gasteiger partial charge < -0.3 is 4.42 Å². The minimum atomic E-state index is -3.41. The molecule has 3 rings (SSSR count). The van der Waals surface area contributed by atoms with Gasteiger partial charge in [0.25, 0.3) is 0 Å². The first-order chi connectivity index (χ1) is 12.4. The van der Waals surface area contributed by atoms with Gasteiger partial charge in [0, 0.05) is 12.2 Å². The van der Waals surface area contributed by atoms with Gasteiger partial charge in [-0.3, -0.25) is 4.68 Å². The minimum absolute atomic E-state index is 0.0407. The van der Waals surface area contributed by atoms with E-state index in [4.69, 9.17) is 4.42 Å². The van der Waals surface area contributed by atoms with Crippen molar-refractivity contribution < 1.29 is 12.8 Å². The number of rotatable bonds is 8. The third-order valence-electron chi connectivity index (χ3n) is 4.21. The molecular weight excluding hydrogens is 350 g/mol. The van der Waals surface area contributed by atoms with Crippen LogP contribution in [-0.4, -0.2) is 30.5 Å². The summed E-state index contributed by atoms with van der Waals surface area (Å²) < 4.78 is 34.9. The fraction of sp³-hybridized carbons (Fsp3) is 0.316. The van der Waals surface area contributed by atoms with Gasteiger partial charge >= 0.3 is 0 Å². The van der Waals surface area contributed by atoms with Crippen LogP contribution in [-0.2, 0) is 16.4 Å². The van der Waals surface area contributed by atoms with Crippen molar-refractivity contribution in [1.29, 1.82) is 0 Å². The summed E-state index contributed by atoms with van der Waals surface area (Å²) in [5, 5.41) is 4.48.